The molecule has 0 unspecified atom stereocenters. The highest BCUT2D eigenvalue weighted by Gasteiger charge is 1.92. The molecule has 0 fully saturated rings. The molecule has 11 heavy (non-hydrogen) atoms. The highest BCUT2D eigenvalue weighted by Crippen LogP contribution is 2.00. The van der Waals surface area contributed by atoms with E-state index in [2.05, 4.69) is 16.3 Å². The number of aromatic nitrogens is 3. The quantitative estimate of drug-likeness (QED) is 0.599. The molecule has 0 spiro atoms. The minimum absolute atomic E-state index is 0.859. The van der Waals surface area contributed by atoms with Gasteiger partial charge in [0.25, 0.3) is 0 Å². The molecule has 0 saturated carbocycles. The van der Waals surface area contributed by atoms with E-state index in [0.717, 1.165) is 5.69 Å². The number of benzene rings is 1. The first kappa shape index (κ1) is 6.09. The van der Waals surface area contributed by atoms with Crippen LogP contribution >= 0.6 is 0 Å². The van der Waals surface area contributed by atoms with Crippen LogP contribution in [0.15, 0.2) is 36.7 Å². The first-order valence-corrected chi connectivity index (χ1v) is 3.30. The molecular formula is C8H6N3. The molecule has 0 bridgehead atoms. The van der Waals surface area contributed by atoms with Gasteiger partial charge in [0.05, 0.1) is 18.1 Å². The van der Waals surface area contributed by atoms with Gasteiger partial charge in [0.2, 0.25) is 0 Å². The minimum Gasteiger partial charge on any atom is -0.157 e. The Labute approximate surface area is 64.3 Å². The number of para-hydroxylation sites is 1. The fourth-order valence-electron chi connectivity index (χ4n) is 0.848. The van der Waals surface area contributed by atoms with Crippen molar-refractivity contribution in [2.45, 2.75) is 0 Å². The van der Waals surface area contributed by atoms with Crippen molar-refractivity contribution in [2.24, 2.45) is 0 Å². The molecule has 2 aromatic rings. The van der Waals surface area contributed by atoms with Crippen LogP contribution in [0.5, 0.6) is 0 Å². The van der Waals surface area contributed by atoms with Crippen LogP contribution in [-0.4, -0.2) is 15.0 Å². The second-order valence-electron chi connectivity index (χ2n) is 2.07. The Balaban J connectivity index is 2.46. The fourth-order valence-corrected chi connectivity index (χ4v) is 0.848. The second-order valence-corrected chi connectivity index (χ2v) is 2.07. The smallest absolute Gasteiger partial charge is 0.0935 e. The Kier molecular flexibility index (Phi) is 1.41. The molecule has 1 radical (unpaired) electrons. The van der Waals surface area contributed by atoms with E-state index in [1.54, 1.807) is 12.4 Å². The van der Waals surface area contributed by atoms with Crippen LogP contribution < -0.4 is 0 Å². The van der Waals surface area contributed by atoms with Gasteiger partial charge in [-0.3, -0.25) is 0 Å². The number of nitrogens with zero attached hydrogens (tertiary/aromatic N) is 3. The maximum Gasteiger partial charge on any atom is 0.0935 e. The van der Waals surface area contributed by atoms with Gasteiger partial charge in [-0.05, 0) is 6.07 Å². The summed E-state index contributed by atoms with van der Waals surface area (Å²) in [4.78, 5) is 1.53. The molecule has 3 nitrogen and oxygen atoms in total. The molecule has 0 N–H and O–H groups in total. The average molecular weight is 144 g/mol. The molecular weight excluding hydrogens is 138 g/mol. The van der Waals surface area contributed by atoms with Gasteiger partial charge in [-0.1, -0.05) is 18.2 Å². The molecule has 2 rings (SSSR count). The zero-order valence-electron chi connectivity index (χ0n) is 5.81. The summed E-state index contributed by atoms with van der Waals surface area (Å²) in [6.45, 7) is 0. The summed E-state index contributed by atoms with van der Waals surface area (Å²) >= 11 is 0. The van der Waals surface area contributed by atoms with Gasteiger partial charge in [-0.2, -0.15) is 15.0 Å². The summed E-state index contributed by atoms with van der Waals surface area (Å²) in [6.07, 6.45) is 3.28. The number of hydrogen-bond acceptors (Lipinski definition) is 2. The first-order valence-electron chi connectivity index (χ1n) is 3.30. The lowest BCUT2D eigenvalue weighted by molar-refractivity contribution is 0.751. The van der Waals surface area contributed by atoms with Crippen molar-refractivity contribution >= 4 is 0 Å². The van der Waals surface area contributed by atoms with Gasteiger partial charge in [0.1, 0.15) is 0 Å². The van der Waals surface area contributed by atoms with Gasteiger partial charge < -0.3 is 0 Å². The van der Waals surface area contributed by atoms with Crippen LogP contribution in [0.2, 0.25) is 0 Å². The van der Waals surface area contributed by atoms with Gasteiger partial charge >= 0.3 is 0 Å². The lowest BCUT2D eigenvalue weighted by atomic mass is 10.3. The predicted molar refractivity (Wildman–Crippen MR) is 40.2 cm³/mol. The summed E-state index contributed by atoms with van der Waals surface area (Å²) < 4.78 is 0. The topological polar surface area (TPSA) is 30.7 Å². The SMILES string of the molecule is [c]1ccccc1-n1nccn1. The zero-order valence-corrected chi connectivity index (χ0v) is 5.81. The van der Waals surface area contributed by atoms with E-state index < -0.39 is 0 Å². The Hall–Kier alpha value is -1.64. The standard InChI is InChI=1S/C8H6N3/c1-2-4-8(5-3-1)11-9-6-7-10-11/h1-4,6-7H. The molecule has 0 atom stereocenters. The van der Waals surface area contributed by atoms with Crippen LogP contribution in [0.3, 0.4) is 0 Å². The molecule has 1 aromatic carbocycles. The minimum atomic E-state index is 0.859. The monoisotopic (exact) mass is 144 g/mol. The Morgan fingerprint density at radius 2 is 2.00 bits per heavy atom. The third kappa shape index (κ3) is 1.12. The summed E-state index contributed by atoms with van der Waals surface area (Å²) in [5.41, 5.74) is 0.859. The molecule has 1 heterocycles. The summed E-state index contributed by atoms with van der Waals surface area (Å²) in [6, 6.07) is 10.6. The highest BCUT2D eigenvalue weighted by molar-refractivity contribution is 5.26. The molecule has 0 aliphatic carbocycles. The van der Waals surface area contributed by atoms with Crippen molar-refractivity contribution in [3.05, 3.63) is 42.7 Å². The second kappa shape index (κ2) is 2.54. The summed E-state index contributed by atoms with van der Waals surface area (Å²) in [5.74, 6) is 0. The molecule has 0 aliphatic heterocycles. The molecule has 0 amide bonds. The number of hydrogen-bond donors (Lipinski definition) is 0. The maximum absolute atomic E-state index is 3.96. The van der Waals surface area contributed by atoms with E-state index in [4.69, 9.17) is 0 Å². The van der Waals surface area contributed by atoms with Crippen molar-refractivity contribution in [3.8, 4) is 5.69 Å². The highest BCUT2D eigenvalue weighted by atomic mass is 15.5. The number of rotatable bonds is 1. The van der Waals surface area contributed by atoms with E-state index in [-0.39, 0.29) is 0 Å². The summed E-state index contributed by atoms with van der Waals surface area (Å²) in [5, 5.41) is 7.92. The molecule has 0 aliphatic rings. The molecule has 1 aromatic heterocycles. The molecule has 3 heteroatoms. The third-order valence-electron chi connectivity index (χ3n) is 1.33. The predicted octanol–water partition coefficient (Wildman–Crippen LogP) is 1.07. The largest absolute Gasteiger partial charge is 0.157 e. The average Bonchev–Trinajstić information content (AvgIpc) is 2.58. The first-order chi connectivity index (χ1) is 5.47. The lowest BCUT2D eigenvalue weighted by Crippen LogP contribution is -1.97. The normalized spacial score (nSPS) is 9.82. The molecule has 53 valence electrons. The lowest BCUT2D eigenvalue weighted by Gasteiger charge is -1.94. The van der Waals surface area contributed by atoms with Gasteiger partial charge in [-0.25, -0.2) is 0 Å². The Morgan fingerprint density at radius 1 is 1.18 bits per heavy atom. The van der Waals surface area contributed by atoms with Crippen LogP contribution in [0.1, 0.15) is 0 Å². The van der Waals surface area contributed by atoms with Crippen molar-refractivity contribution in [3.63, 3.8) is 0 Å². The zero-order chi connectivity index (χ0) is 7.52. The van der Waals surface area contributed by atoms with Crippen molar-refractivity contribution in [1.82, 2.24) is 15.0 Å². The van der Waals surface area contributed by atoms with Crippen LogP contribution in [0, 0.1) is 6.07 Å². The van der Waals surface area contributed by atoms with Gasteiger partial charge in [-0.15, -0.1) is 0 Å². The van der Waals surface area contributed by atoms with E-state index >= 15 is 0 Å². The Morgan fingerprint density at radius 3 is 2.64 bits per heavy atom. The Bertz CT molecular complexity index is 312. The van der Waals surface area contributed by atoms with Crippen LogP contribution in [0.25, 0.3) is 5.69 Å². The van der Waals surface area contributed by atoms with Crippen LogP contribution in [-0.2, 0) is 0 Å². The third-order valence-corrected chi connectivity index (χ3v) is 1.33. The molecule has 0 saturated heterocycles. The van der Waals surface area contributed by atoms with Crippen LogP contribution in [0.4, 0.5) is 0 Å². The fraction of sp³-hybridized carbons (Fsp3) is 0. The maximum atomic E-state index is 3.96. The van der Waals surface area contributed by atoms with Gasteiger partial charge in [0, 0.05) is 6.07 Å². The van der Waals surface area contributed by atoms with Crippen molar-refractivity contribution in [1.29, 1.82) is 0 Å². The van der Waals surface area contributed by atoms with Crippen molar-refractivity contribution in [2.75, 3.05) is 0 Å². The van der Waals surface area contributed by atoms with E-state index in [9.17, 15) is 0 Å². The van der Waals surface area contributed by atoms with Gasteiger partial charge in [0.15, 0.2) is 0 Å². The van der Waals surface area contributed by atoms with E-state index in [1.807, 2.05) is 24.3 Å². The van der Waals surface area contributed by atoms with E-state index in [0.29, 0.717) is 0 Å². The van der Waals surface area contributed by atoms with E-state index in [1.165, 1.54) is 4.80 Å². The van der Waals surface area contributed by atoms with Crippen molar-refractivity contribution < 1.29 is 0 Å². The summed E-state index contributed by atoms with van der Waals surface area (Å²) in [7, 11) is 0.